The van der Waals surface area contributed by atoms with Crippen LogP contribution in [0.2, 0.25) is 0 Å². The highest BCUT2D eigenvalue weighted by atomic mass is 19.1. The van der Waals surface area contributed by atoms with Gasteiger partial charge in [0.1, 0.15) is 11.6 Å². The monoisotopic (exact) mass is 425 g/mol. The van der Waals surface area contributed by atoms with Gasteiger partial charge in [0.15, 0.2) is 0 Å². The van der Waals surface area contributed by atoms with Crippen molar-refractivity contribution in [3.05, 3.63) is 70.3 Å². The van der Waals surface area contributed by atoms with Crippen LogP contribution in [0, 0.1) is 5.82 Å². The summed E-state index contributed by atoms with van der Waals surface area (Å²) in [6, 6.07) is 13.2. The summed E-state index contributed by atoms with van der Waals surface area (Å²) < 4.78 is 25.6. The van der Waals surface area contributed by atoms with Crippen molar-refractivity contribution in [1.82, 2.24) is 9.78 Å². The van der Waals surface area contributed by atoms with Gasteiger partial charge in [0.2, 0.25) is 0 Å². The second-order valence-corrected chi connectivity index (χ2v) is 7.45. The Morgan fingerprint density at radius 2 is 1.81 bits per heavy atom. The van der Waals surface area contributed by atoms with Crippen LogP contribution in [0.25, 0.3) is 16.9 Å². The highest BCUT2D eigenvalue weighted by molar-refractivity contribution is 6.03. The summed E-state index contributed by atoms with van der Waals surface area (Å²) in [5.74, 6) is 0.362. The van der Waals surface area contributed by atoms with E-state index in [0.29, 0.717) is 35.8 Å². The number of halogens is 1. The molecule has 31 heavy (non-hydrogen) atoms. The van der Waals surface area contributed by atoms with E-state index in [-0.39, 0.29) is 17.5 Å². The van der Waals surface area contributed by atoms with E-state index in [0.717, 1.165) is 17.7 Å². The topological polar surface area (TPSA) is 68.6 Å². The van der Waals surface area contributed by atoms with Crippen molar-refractivity contribution in [3.8, 4) is 22.7 Å². The SMILES string of the molecule is COc1ccc(-c2[nH]n(-c3ccc(F)cc3)c(=O)c2C(C)=NCCCOC(C)C)cc1. The van der Waals surface area contributed by atoms with E-state index >= 15 is 0 Å². The van der Waals surface area contributed by atoms with Crippen molar-refractivity contribution in [2.75, 3.05) is 20.3 Å². The predicted molar refractivity (Wildman–Crippen MR) is 121 cm³/mol. The Kier molecular flexibility index (Phi) is 7.41. The number of nitrogens with zero attached hydrogens (tertiary/aromatic N) is 2. The van der Waals surface area contributed by atoms with Crippen molar-refractivity contribution < 1.29 is 13.9 Å². The second kappa shape index (κ2) is 10.2. The summed E-state index contributed by atoms with van der Waals surface area (Å²) in [6.45, 7) is 6.99. The smallest absolute Gasteiger partial charge is 0.280 e. The zero-order valence-corrected chi connectivity index (χ0v) is 18.3. The summed E-state index contributed by atoms with van der Waals surface area (Å²) in [5.41, 5.74) is 2.91. The molecule has 2 aromatic carbocycles. The van der Waals surface area contributed by atoms with Crippen LogP contribution in [0.4, 0.5) is 4.39 Å². The number of ether oxygens (including phenoxy) is 2. The number of aromatic nitrogens is 2. The van der Waals surface area contributed by atoms with Crippen molar-refractivity contribution in [2.45, 2.75) is 33.3 Å². The lowest BCUT2D eigenvalue weighted by Crippen LogP contribution is -2.20. The van der Waals surface area contributed by atoms with Gasteiger partial charge in [0.05, 0.1) is 30.2 Å². The van der Waals surface area contributed by atoms with Gasteiger partial charge < -0.3 is 9.47 Å². The molecular weight excluding hydrogens is 397 g/mol. The first kappa shape index (κ1) is 22.5. The summed E-state index contributed by atoms with van der Waals surface area (Å²) in [6.07, 6.45) is 0.948. The molecule has 0 saturated carbocycles. The van der Waals surface area contributed by atoms with Crippen LogP contribution in [-0.4, -0.2) is 41.9 Å². The highest BCUT2D eigenvalue weighted by Gasteiger charge is 2.19. The lowest BCUT2D eigenvalue weighted by Gasteiger charge is -2.06. The fourth-order valence-corrected chi connectivity index (χ4v) is 3.22. The summed E-state index contributed by atoms with van der Waals surface area (Å²) in [5, 5.41) is 3.17. The van der Waals surface area contributed by atoms with Gasteiger partial charge in [0.25, 0.3) is 5.56 Å². The third-order valence-corrected chi connectivity index (χ3v) is 4.82. The molecule has 0 saturated heterocycles. The van der Waals surface area contributed by atoms with Gasteiger partial charge in [-0.1, -0.05) is 0 Å². The van der Waals surface area contributed by atoms with E-state index < -0.39 is 0 Å². The third kappa shape index (κ3) is 5.49. The molecule has 3 aromatic rings. The molecule has 0 bridgehead atoms. The summed E-state index contributed by atoms with van der Waals surface area (Å²) in [7, 11) is 1.60. The minimum Gasteiger partial charge on any atom is -0.497 e. The molecule has 0 spiro atoms. The first-order valence-electron chi connectivity index (χ1n) is 10.3. The number of hydrogen-bond donors (Lipinski definition) is 1. The number of H-pyrrole nitrogens is 1. The zero-order chi connectivity index (χ0) is 22.4. The van der Waals surface area contributed by atoms with Crippen LogP contribution in [-0.2, 0) is 4.74 Å². The molecule has 0 aliphatic carbocycles. The fourth-order valence-electron chi connectivity index (χ4n) is 3.22. The number of aliphatic imine (C=N–C) groups is 1. The maximum Gasteiger partial charge on any atom is 0.280 e. The van der Waals surface area contributed by atoms with Crippen LogP contribution in [0.3, 0.4) is 0 Å². The number of aromatic amines is 1. The molecule has 0 unspecified atom stereocenters. The Morgan fingerprint density at radius 1 is 1.13 bits per heavy atom. The average molecular weight is 426 g/mol. The van der Waals surface area contributed by atoms with Crippen LogP contribution in [0.15, 0.2) is 58.3 Å². The maximum atomic E-state index is 13.4. The molecule has 3 rings (SSSR count). The largest absolute Gasteiger partial charge is 0.497 e. The van der Waals surface area contributed by atoms with Gasteiger partial charge in [-0.25, -0.2) is 9.07 Å². The number of methoxy groups -OCH3 is 1. The van der Waals surface area contributed by atoms with E-state index in [1.807, 2.05) is 45.0 Å². The standard InChI is InChI=1S/C24H28FN3O3/c1-16(2)31-15-5-14-26-17(3)22-23(18-6-12-21(30-4)13-7-18)27-28(24(22)29)20-10-8-19(25)9-11-20/h6-13,16,27H,5,14-15H2,1-4H3. The molecule has 1 aromatic heterocycles. The number of benzene rings is 2. The molecule has 0 amide bonds. The van der Waals surface area contributed by atoms with E-state index in [4.69, 9.17) is 9.47 Å². The molecule has 164 valence electrons. The van der Waals surface area contributed by atoms with Gasteiger partial charge in [-0.3, -0.25) is 14.9 Å². The van der Waals surface area contributed by atoms with Crippen LogP contribution >= 0.6 is 0 Å². The molecular formula is C24H28FN3O3. The zero-order valence-electron chi connectivity index (χ0n) is 18.3. The molecule has 6 nitrogen and oxygen atoms in total. The maximum absolute atomic E-state index is 13.4. The number of hydrogen-bond acceptors (Lipinski definition) is 4. The molecule has 0 radical (unpaired) electrons. The van der Waals surface area contributed by atoms with E-state index in [1.165, 1.54) is 16.8 Å². The van der Waals surface area contributed by atoms with E-state index in [2.05, 4.69) is 10.1 Å². The van der Waals surface area contributed by atoms with Gasteiger partial charge >= 0.3 is 0 Å². The molecule has 0 atom stereocenters. The van der Waals surface area contributed by atoms with Gasteiger partial charge in [-0.15, -0.1) is 0 Å². The first-order chi connectivity index (χ1) is 14.9. The van der Waals surface area contributed by atoms with E-state index in [1.54, 1.807) is 19.2 Å². The molecule has 1 N–H and O–H groups in total. The Labute approximate surface area is 181 Å². The lowest BCUT2D eigenvalue weighted by molar-refractivity contribution is 0.0783. The third-order valence-electron chi connectivity index (χ3n) is 4.82. The van der Waals surface area contributed by atoms with Gasteiger partial charge in [-0.2, -0.15) is 0 Å². The Balaban J connectivity index is 2.00. The quantitative estimate of drug-likeness (QED) is 0.402. The fraction of sp³-hybridized carbons (Fsp3) is 0.333. The van der Waals surface area contributed by atoms with Crippen LogP contribution in [0.5, 0.6) is 5.75 Å². The number of rotatable bonds is 9. The number of nitrogens with one attached hydrogen (secondary N) is 1. The summed E-state index contributed by atoms with van der Waals surface area (Å²) in [4.78, 5) is 17.9. The molecule has 0 aliphatic rings. The summed E-state index contributed by atoms with van der Waals surface area (Å²) >= 11 is 0. The van der Waals surface area contributed by atoms with Crippen LogP contribution in [0.1, 0.15) is 32.8 Å². The minimum atomic E-state index is -0.361. The van der Waals surface area contributed by atoms with Crippen molar-refractivity contribution in [1.29, 1.82) is 0 Å². The Morgan fingerprint density at radius 3 is 2.42 bits per heavy atom. The minimum absolute atomic E-state index is 0.180. The van der Waals surface area contributed by atoms with Crippen LogP contribution < -0.4 is 10.3 Å². The van der Waals surface area contributed by atoms with Crippen molar-refractivity contribution >= 4 is 5.71 Å². The lowest BCUT2D eigenvalue weighted by atomic mass is 10.0. The molecule has 1 heterocycles. The Bertz CT molecular complexity index is 1080. The second-order valence-electron chi connectivity index (χ2n) is 7.45. The normalized spacial score (nSPS) is 11.9. The molecule has 7 heteroatoms. The highest BCUT2D eigenvalue weighted by Crippen LogP contribution is 2.24. The van der Waals surface area contributed by atoms with Gasteiger partial charge in [0, 0.05) is 24.4 Å². The Hall–Kier alpha value is -3.19. The molecule has 0 aliphatic heterocycles. The average Bonchev–Trinajstić information content (AvgIpc) is 3.11. The van der Waals surface area contributed by atoms with Gasteiger partial charge in [-0.05, 0) is 75.7 Å². The molecule has 0 fully saturated rings. The first-order valence-corrected chi connectivity index (χ1v) is 10.3. The van der Waals surface area contributed by atoms with Crippen molar-refractivity contribution in [2.24, 2.45) is 4.99 Å². The predicted octanol–water partition coefficient (Wildman–Crippen LogP) is 4.60. The van der Waals surface area contributed by atoms with Crippen molar-refractivity contribution in [3.63, 3.8) is 0 Å². The van der Waals surface area contributed by atoms with E-state index in [9.17, 15) is 9.18 Å².